The second kappa shape index (κ2) is 6.91. The van der Waals surface area contributed by atoms with Crippen LogP contribution in [0.15, 0.2) is 54.0 Å². The molecule has 5 heteroatoms. The third-order valence-electron chi connectivity index (χ3n) is 2.67. The molecule has 1 aromatic carbocycles. The molecule has 0 saturated heterocycles. The van der Waals surface area contributed by atoms with E-state index in [0.717, 1.165) is 5.56 Å². The van der Waals surface area contributed by atoms with Crippen LogP contribution in [0.25, 0.3) is 0 Å². The van der Waals surface area contributed by atoms with Crippen LogP contribution in [0.2, 0.25) is 5.15 Å². The van der Waals surface area contributed by atoms with Gasteiger partial charge in [-0.3, -0.25) is 4.79 Å². The summed E-state index contributed by atoms with van der Waals surface area (Å²) in [7, 11) is 0. The zero-order valence-electron chi connectivity index (χ0n) is 11.0. The Morgan fingerprint density at radius 1 is 1.35 bits per heavy atom. The Bertz CT molecular complexity index is 638. The predicted molar refractivity (Wildman–Crippen MR) is 79.4 cm³/mol. The van der Waals surface area contributed by atoms with Gasteiger partial charge in [0.05, 0.1) is 13.2 Å². The van der Waals surface area contributed by atoms with Crippen molar-refractivity contribution in [1.82, 2.24) is 9.55 Å². The van der Waals surface area contributed by atoms with Crippen LogP contribution in [0.1, 0.15) is 12.0 Å². The predicted octanol–water partition coefficient (Wildman–Crippen LogP) is 2.90. The second-order valence-corrected chi connectivity index (χ2v) is 4.60. The van der Waals surface area contributed by atoms with Crippen molar-refractivity contribution in [2.45, 2.75) is 13.0 Å². The van der Waals surface area contributed by atoms with Gasteiger partial charge in [-0.1, -0.05) is 48.0 Å². The molecule has 1 heterocycles. The normalized spacial score (nSPS) is 10.2. The quantitative estimate of drug-likeness (QED) is 0.607. The van der Waals surface area contributed by atoms with Crippen molar-refractivity contribution >= 4 is 11.6 Å². The maximum absolute atomic E-state index is 12.2. The van der Waals surface area contributed by atoms with E-state index in [1.165, 1.54) is 10.8 Å². The standard InChI is InChI=1S/C15H15ClN2O2/c1-2-3-9-20-14-15(19)18(11-13(16)17-14)10-12-7-5-4-6-8-12/h2,4-8,11H,1,3,9-10H2. The third-order valence-corrected chi connectivity index (χ3v) is 2.85. The second-order valence-electron chi connectivity index (χ2n) is 4.21. The molecule has 0 aliphatic carbocycles. The highest BCUT2D eigenvalue weighted by atomic mass is 35.5. The molecule has 0 unspecified atom stereocenters. The number of hydrogen-bond donors (Lipinski definition) is 0. The van der Waals surface area contributed by atoms with E-state index in [2.05, 4.69) is 11.6 Å². The van der Waals surface area contributed by atoms with E-state index in [9.17, 15) is 4.79 Å². The lowest BCUT2D eigenvalue weighted by molar-refractivity contribution is 0.304. The first-order valence-corrected chi connectivity index (χ1v) is 6.63. The van der Waals surface area contributed by atoms with Crippen LogP contribution in [-0.2, 0) is 6.54 Å². The molecule has 0 saturated carbocycles. The van der Waals surface area contributed by atoms with Gasteiger partial charge in [-0.2, -0.15) is 4.98 Å². The summed E-state index contributed by atoms with van der Waals surface area (Å²) in [4.78, 5) is 16.1. The lowest BCUT2D eigenvalue weighted by atomic mass is 10.2. The molecule has 0 atom stereocenters. The minimum atomic E-state index is -0.290. The van der Waals surface area contributed by atoms with Crippen molar-refractivity contribution in [2.75, 3.05) is 6.61 Å². The fourth-order valence-corrected chi connectivity index (χ4v) is 1.91. The molecule has 0 spiro atoms. The van der Waals surface area contributed by atoms with Crippen LogP contribution < -0.4 is 10.3 Å². The first kappa shape index (κ1) is 14.3. The van der Waals surface area contributed by atoms with E-state index in [4.69, 9.17) is 16.3 Å². The fourth-order valence-electron chi connectivity index (χ4n) is 1.71. The van der Waals surface area contributed by atoms with Gasteiger partial charge in [0.25, 0.3) is 5.88 Å². The fraction of sp³-hybridized carbons (Fsp3) is 0.200. The molecular weight excluding hydrogens is 276 g/mol. The van der Waals surface area contributed by atoms with Gasteiger partial charge in [-0.05, 0) is 12.0 Å². The van der Waals surface area contributed by atoms with E-state index in [1.54, 1.807) is 6.08 Å². The lowest BCUT2D eigenvalue weighted by Gasteiger charge is -2.09. The van der Waals surface area contributed by atoms with E-state index in [-0.39, 0.29) is 16.6 Å². The van der Waals surface area contributed by atoms with Gasteiger partial charge in [-0.25, -0.2) is 0 Å². The summed E-state index contributed by atoms with van der Waals surface area (Å²) >= 11 is 5.93. The molecule has 0 aliphatic heterocycles. The first-order valence-electron chi connectivity index (χ1n) is 6.25. The monoisotopic (exact) mass is 290 g/mol. The SMILES string of the molecule is C=CCCOc1nc(Cl)cn(Cc2ccccc2)c1=O. The minimum Gasteiger partial charge on any atom is -0.473 e. The van der Waals surface area contributed by atoms with Crippen LogP contribution in [-0.4, -0.2) is 16.2 Å². The molecule has 0 amide bonds. The molecule has 0 bridgehead atoms. The molecular formula is C15H15ClN2O2. The highest BCUT2D eigenvalue weighted by Crippen LogP contribution is 2.09. The summed E-state index contributed by atoms with van der Waals surface area (Å²) in [6.45, 7) is 4.38. The van der Waals surface area contributed by atoms with Gasteiger partial charge >= 0.3 is 5.56 Å². The number of hydrogen-bond acceptors (Lipinski definition) is 3. The molecule has 2 rings (SSSR count). The van der Waals surface area contributed by atoms with Gasteiger partial charge in [0.2, 0.25) is 0 Å². The molecule has 4 nitrogen and oxygen atoms in total. The third kappa shape index (κ3) is 3.71. The smallest absolute Gasteiger partial charge is 0.313 e. The highest BCUT2D eigenvalue weighted by Gasteiger charge is 2.09. The average Bonchev–Trinajstić information content (AvgIpc) is 2.45. The van der Waals surface area contributed by atoms with Crippen molar-refractivity contribution in [3.05, 3.63) is 70.3 Å². The number of benzene rings is 1. The summed E-state index contributed by atoms with van der Waals surface area (Å²) in [5.74, 6) is 0.0234. The Kier molecular flexibility index (Phi) is 4.96. The van der Waals surface area contributed by atoms with Crippen molar-refractivity contribution in [1.29, 1.82) is 0 Å². The van der Waals surface area contributed by atoms with Crippen LogP contribution >= 0.6 is 11.6 Å². The summed E-state index contributed by atoms with van der Waals surface area (Å²) < 4.78 is 6.83. The van der Waals surface area contributed by atoms with Crippen LogP contribution in [0.3, 0.4) is 0 Å². The zero-order valence-corrected chi connectivity index (χ0v) is 11.7. The van der Waals surface area contributed by atoms with Gasteiger partial charge in [0.15, 0.2) is 0 Å². The van der Waals surface area contributed by atoms with Crippen LogP contribution in [0.5, 0.6) is 5.88 Å². The maximum atomic E-state index is 12.2. The van der Waals surface area contributed by atoms with Gasteiger partial charge in [0, 0.05) is 6.20 Å². The average molecular weight is 291 g/mol. The first-order chi connectivity index (χ1) is 9.70. The molecule has 0 radical (unpaired) electrons. The van der Waals surface area contributed by atoms with Crippen LogP contribution in [0.4, 0.5) is 0 Å². The van der Waals surface area contributed by atoms with E-state index >= 15 is 0 Å². The Labute approximate surface area is 122 Å². The van der Waals surface area contributed by atoms with E-state index < -0.39 is 0 Å². The van der Waals surface area contributed by atoms with Crippen molar-refractivity contribution in [3.63, 3.8) is 0 Å². The molecule has 1 aromatic heterocycles. The summed E-state index contributed by atoms with van der Waals surface area (Å²) in [5.41, 5.74) is 0.719. The van der Waals surface area contributed by atoms with Crippen LogP contribution in [0, 0.1) is 0 Å². The summed E-state index contributed by atoms with van der Waals surface area (Å²) in [5, 5.41) is 0.231. The number of rotatable bonds is 6. The van der Waals surface area contributed by atoms with Gasteiger partial charge in [-0.15, -0.1) is 6.58 Å². The molecule has 2 aromatic rings. The van der Waals surface area contributed by atoms with E-state index in [1.807, 2.05) is 30.3 Å². The summed E-state index contributed by atoms with van der Waals surface area (Å²) in [6, 6.07) is 9.66. The zero-order chi connectivity index (χ0) is 14.4. The summed E-state index contributed by atoms with van der Waals surface area (Å²) in [6.07, 6.45) is 3.87. The van der Waals surface area contributed by atoms with Crippen molar-refractivity contribution in [3.8, 4) is 5.88 Å². The Morgan fingerprint density at radius 3 is 2.80 bits per heavy atom. The molecule has 104 valence electrons. The molecule has 0 fully saturated rings. The topological polar surface area (TPSA) is 44.1 Å². The van der Waals surface area contributed by atoms with Crippen molar-refractivity contribution in [2.24, 2.45) is 0 Å². The number of aromatic nitrogens is 2. The Balaban J connectivity index is 2.24. The van der Waals surface area contributed by atoms with Gasteiger partial charge < -0.3 is 9.30 Å². The minimum absolute atomic E-state index is 0.0234. The molecule has 0 N–H and O–H groups in total. The van der Waals surface area contributed by atoms with E-state index in [0.29, 0.717) is 19.6 Å². The van der Waals surface area contributed by atoms with Gasteiger partial charge in [0.1, 0.15) is 5.15 Å². The number of nitrogens with zero attached hydrogens (tertiary/aromatic N) is 2. The highest BCUT2D eigenvalue weighted by molar-refractivity contribution is 6.29. The number of halogens is 1. The Morgan fingerprint density at radius 2 is 2.10 bits per heavy atom. The largest absolute Gasteiger partial charge is 0.473 e. The molecule has 20 heavy (non-hydrogen) atoms. The molecule has 0 aliphatic rings. The lowest BCUT2D eigenvalue weighted by Crippen LogP contribution is -2.23. The number of ether oxygens (including phenoxy) is 1. The Hall–Kier alpha value is -2.07. The van der Waals surface area contributed by atoms with Crippen molar-refractivity contribution < 1.29 is 4.74 Å². The maximum Gasteiger partial charge on any atom is 0.313 e.